The van der Waals surface area contributed by atoms with Crippen molar-refractivity contribution in [2.24, 2.45) is 0 Å². The van der Waals surface area contributed by atoms with Crippen LogP contribution in [-0.4, -0.2) is 18.4 Å². The lowest BCUT2D eigenvalue weighted by atomic mass is 10.1. The van der Waals surface area contributed by atoms with E-state index in [0.29, 0.717) is 11.3 Å². The van der Waals surface area contributed by atoms with E-state index in [0.717, 1.165) is 11.1 Å². The first-order valence-corrected chi connectivity index (χ1v) is 7.40. The maximum atomic E-state index is 11.8. The van der Waals surface area contributed by atoms with E-state index in [1.165, 1.54) is 0 Å². The third-order valence-electron chi connectivity index (χ3n) is 3.25. The Morgan fingerprint density at radius 3 is 2.04 bits per heavy atom. The van der Waals surface area contributed by atoms with E-state index < -0.39 is 0 Å². The molecule has 2 amide bonds. The Hall–Kier alpha value is -2.82. The molecule has 0 aliphatic carbocycles. The van der Waals surface area contributed by atoms with Crippen molar-refractivity contribution in [2.45, 2.75) is 20.3 Å². The average molecular weight is 312 g/mol. The molecule has 0 aromatic heterocycles. The number of rotatable bonds is 5. The minimum absolute atomic E-state index is 0.155. The third kappa shape index (κ3) is 5.47. The lowest BCUT2D eigenvalue weighted by molar-refractivity contribution is -0.122. The highest BCUT2D eigenvalue weighted by Gasteiger charge is 2.07. The molecule has 0 bridgehead atoms. The van der Waals surface area contributed by atoms with Crippen LogP contribution in [0.3, 0.4) is 0 Å². The number of carbonyl (C=O) groups is 2. The average Bonchev–Trinajstić information content (AvgIpc) is 2.55. The van der Waals surface area contributed by atoms with Crippen molar-refractivity contribution in [1.82, 2.24) is 10.9 Å². The fourth-order valence-electron chi connectivity index (χ4n) is 1.86. The minimum Gasteiger partial charge on any atom is -0.493 e. The Morgan fingerprint density at radius 1 is 0.870 bits per heavy atom. The smallest absolute Gasteiger partial charge is 0.269 e. The zero-order valence-electron chi connectivity index (χ0n) is 13.3. The molecule has 0 aliphatic rings. The molecule has 5 nitrogen and oxygen atoms in total. The van der Waals surface area contributed by atoms with Gasteiger partial charge in [0.2, 0.25) is 5.91 Å². The molecule has 2 rings (SSSR count). The van der Waals surface area contributed by atoms with Gasteiger partial charge in [0.1, 0.15) is 5.75 Å². The molecule has 0 unspecified atom stereocenters. The molecule has 5 heteroatoms. The topological polar surface area (TPSA) is 67.4 Å². The summed E-state index contributed by atoms with van der Waals surface area (Å²) < 4.78 is 5.46. The Bertz CT molecular complexity index is 664. The molecule has 2 N–H and O–H groups in total. The van der Waals surface area contributed by atoms with E-state index in [-0.39, 0.29) is 24.8 Å². The van der Waals surface area contributed by atoms with Crippen LogP contribution in [0.4, 0.5) is 0 Å². The summed E-state index contributed by atoms with van der Waals surface area (Å²) in [6.07, 6.45) is 0.155. The molecule has 0 fully saturated rings. The Labute approximate surface area is 135 Å². The summed E-state index contributed by atoms with van der Waals surface area (Å²) >= 11 is 0. The van der Waals surface area contributed by atoms with E-state index in [4.69, 9.17) is 4.74 Å². The molecule has 120 valence electrons. The Kier molecular flexibility index (Phi) is 5.74. The van der Waals surface area contributed by atoms with Crippen LogP contribution in [0.25, 0.3) is 0 Å². The molecule has 0 saturated heterocycles. The van der Waals surface area contributed by atoms with Crippen LogP contribution in [0.5, 0.6) is 5.75 Å². The first-order chi connectivity index (χ1) is 11.0. The normalized spacial score (nSPS) is 10.0. The molecule has 0 spiro atoms. The number of nitrogens with one attached hydrogen (secondary N) is 2. The lowest BCUT2D eigenvalue weighted by Gasteiger charge is -2.09. The van der Waals surface area contributed by atoms with Gasteiger partial charge in [-0.2, -0.15) is 0 Å². The minimum atomic E-state index is -0.349. The highest BCUT2D eigenvalue weighted by Crippen LogP contribution is 2.11. The van der Waals surface area contributed by atoms with E-state index in [9.17, 15) is 9.59 Å². The van der Waals surface area contributed by atoms with Crippen molar-refractivity contribution >= 4 is 11.8 Å². The van der Waals surface area contributed by atoms with Crippen molar-refractivity contribution in [3.63, 3.8) is 0 Å². The van der Waals surface area contributed by atoms with Crippen LogP contribution in [0.1, 0.15) is 27.9 Å². The number of hydrogen-bond acceptors (Lipinski definition) is 3. The zero-order chi connectivity index (χ0) is 16.7. The van der Waals surface area contributed by atoms with Gasteiger partial charge in [0, 0.05) is 5.56 Å². The molecule has 0 heterocycles. The number of hydrogen-bond donors (Lipinski definition) is 2. The van der Waals surface area contributed by atoms with Crippen LogP contribution < -0.4 is 15.6 Å². The highest BCUT2D eigenvalue weighted by molar-refractivity contribution is 5.95. The SMILES string of the molecule is Cc1ccc(OCCC(=O)NNC(=O)c2ccc(C)cc2)cc1. The highest BCUT2D eigenvalue weighted by atomic mass is 16.5. The summed E-state index contributed by atoms with van der Waals surface area (Å²) in [7, 11) is 0. The maximum Gasteiger partial charge on any atom is 0.269 e. The fraction of sp³-hybridized carbons (Fsp3) is 0.222. The van der Waals surface area contributed by atoms with E-state index in [2.05, 4.69) is 10.9 Å². The predicted octanol–water partition coefficient (Wildman–Crippen LogP) is 2.53. The van der Waals surface area contributed by atoms with Gasteiger partial charge in [-0.25, -0.2) is 0 Å². The number of ether oxygens (including phenoxy) is 1. The van der Waals surface area contributed by atoms with Gasteiger partial charge in [0.25, 0.3) is 5.91 Å². The molecule has 23 heavy (non-hydrogen) atoms. The van der Waals surface area contributed by atoms with Gasteiger partial charge in [-0.05, 0) is 38.1 Å². The van der Waals surface area contributed by atoms with Gasteiger partial charge in [-0.1, -0.05) is 35.4 Å². The van der Waals surface area contributed by atoms with Gasteiger partial charge in [-0.15, -0.1) is 0 Å². The van der Waals surface area contributed by atoms with Crippen LogP contribution in [0.2, 0.25) is 0 Å². The fourth-order valence-corrected chi connectivity index (χ4v) is 1.86. The molecule has 2 aromatic carbocycles. The number of aryl methyl sites for hydroxylation is 2. The van der Waals surface area contributed by atoms with Gasteiger partial charge < -0.3 is 4.74 Å². The number of carbonyl (C=O) groups excluding carboxylic acids is 2. The number of benzene rings is 2. The van der Waals surface area contributed by atoms with Crippen LogP contribution in [0.15, 0.2) is 48.5 Å². The van der Waals surface area contributed by atoms with Crippen LogP contribution in [0, 0.1) is 13.8 Å². The number of hydrazine groups is 1. The summed E-state index contributed by atoms with van der Waals surface area (Å²) in [5, 5.41) is 0. The maximum absolute atomic E-state index is 11.8. The van der Waals surface area contributed by atoms with Crippen molar-refractivity contribution in [3.8, 4) is 5.75 Å². The molecule has 0 saturated carbocycles. The van der Waals surface area contributed by atoms with Gasteiger partial charge in [-0.3, -0.25) is 20.4 Å². The van der Waals surface area contributed by atoms with Crippen molar-refractivity contribution in [1.29, 1.82) is 0 Å². The second-order valence-corrected chi connectivity index (χ2v) is 5.28. The summed E-state index contributed by atoms with van der Waals surface area (Å²) in [6.45, 7) is 4.18. The number of amides is 2. The largest absolute Gasteiger partial charge is 0.493 e. The predicted molar refractivity (Wildman–Crippen MR) is 88.1 cm³/mol. The van der Waals surface area contributed by atoms with Gasteiger partial charge in [0.15, 0.2) is 0 Å². The van der Waals surface area contributed by atoms with Crippen molar-refractivity contribution in [3.05, 3.63) is 65.2 Å². The quantitative estimate of drug-likeness (QED) is 0.834. The second-order valence-electron chi connectivity index (χ2n) is 5.28. The molecule has 0 aliphatic heterocycles. The summed E-state index contributed by atoms with van der Waals surface area (Å²) in [4.78, 5) is 23.5. The van der Waals surface area contributed by atoms with Gasteiger partial charge in [0.05, 0.1) is 13.0 Å². The Balaban J connectivity index is 1.69. The first kappa shape index (κ1) is 16.5. The van der Waals surface area contributed by atoms with E-state index >= 15 is 0 Å². The third-order valence-corrected chi connectivity index (χ3v) is 3.25. The molecular formula is C18H20N2O3. The summed E-state index contributed by atoms with van der Waals surface area (Å²) in [6, 6.07) is 14.7. The first-order valence-electron chi connectivity index (χ1n) is 7.40. The molecule has 0 atom stereocenters. The second kappa shape index (κ2) is 7.98. The molecule has 0 radical (unpaired) electrons. The van der Waals surface area contributed by atoms with Crippen LogP contribution >= 0.6 is 0 Å². The monoisotopic (exact) mass is 312 g/mol. The van der Waals surface area contributed by atoms with Crippen molar-refractivity contribution < 1.29 is 14.3 Å². The lowest BCUT2D eigenvalue weighted by Crippen LogP contribution is -2.42. The summed E-state index contributed by atoms with van der Waals surface area (Å²) in [5.74, 6) is 0.0578. The molecular weight excluding hydrogens is 292 g/mol. The Morgan fingerprint density at radius 2 is 1.43 bits per heavy atom. The van der Waals surface area contributed by atoms with Crippen LogP contribution in [-0.2, 0) is 4.79 Å². The zero-order valence-corrected chi connectivity index (χ0v) is 13.3. The van der Waals surface area contributed by atoms with Gasteiger partial charge >= 0.3 is 0 Å². The summed E-state index contributed by atoms with van der Waals surface area (Å²) in [5.41, 5.74) is 7.46. The molecule has 2 aromatic rings. The van der Waals surface area contributed by atoms with Crippen molar-refractivity contribution in [2.75, 3.05) is 6.61 Å². The van der Waals surface area contributed by atoms with E-state index in [1.807, 2.05) is 50.2 Å². The van der Waals surface area contributed by atoms with E-state index in [1.54, 1.807) is 12.1 Å². The standard InChI is InChI=1S/C18H20N2O3/c1-13-3-7-15(8-4-13)18(22)20-19-17(21)11-12-23-16-9-5-14(2)6-10-16/h3-10H,11-12H2,1-2H3,(H,19,21)(H,20,22).